The molecule has 2 aromatic heterocycles. The van der Waals surface area contributed by atoms with Gasteiger partial charge in [-0.2, -0.15) is 0 Å². The lowest BCUT2D eigenvalue weighted by atomic mass is 9.97. The van der Waals surface area contributed by atoms with E-state index in [1.807, 2.05) is 27.7 Å². The predicted molar refractivity (Wildman–Crippen MR) is 59.7 cm³/mol. The normalized spacial score (nSPS) is 12.3. The molecule has 2 N–H and O–H groups in total. The van der Waals surface area contributed by atoms with Crippen LogP contribution in [-0.4, -0.2) is 9.97 Å². The number of nitrogen functional groups attached to an aromatic ring is 1. The lowest BCUT2D eigenvalue weighted by molar-refractivity contribution is 0.407. The molecule has 0 spiro atoms. The van der Waals surface area contributed by atoms with Gasteiger partial charge < -0.3 is 10.2 Å². The van der Waals surface area contributed by atoms with Crippen molar-refractivity contribution in [2.75, 3.05) is 5.73 Å². The van der Waals surface area contributed by atoms with E-state index in [2.05, 4.69) is 9.97 Å². The molecule has 0 aromatic carbocycles. The maximum Gasteiger partial charge on any atom is 0.247 e. The number of pyridine rings is 1. The number of anilines is 1. The second kappa shape index (κ2) is 2.95. The van der Waals surface area contributed by atoms with Crippen LogP contribution in [0.4, 0.5) is 5.69 Å². The minimum Gasteiger partial charge on any atom is -0.422 e. The van der Waals surface area contributed by atoms with Gasteiger partial charge in [-0.05, 0) is 13.0 Å². The molecule has 0 bridgehead atoms. The zero-order chi connectivity index (χ0) is 11.2. The lowest BCUT2D eigenvalue weighted by Gasteiger charge is -2.11. The van der Waals surface area contributed by atoms with Crippen molar-refractivity contribution in [2.45, 2.75) is 33.1 Å². The number of hydrogen-bond acceptors (Lipinski definition) is 4. The summed E-state index contributed by atoms with van der Waals surface area (Å²) in [5.41, 5.74) is 8.37. The maximum atomic E-state index is 5.76. The van der Waals surface area contributed by atoms with Gasteiger partial charge in [0.25, 0.3) is 0 Å². The summed E-state index contributed by atoms with van der Waals surface area (Å²) in [5, 5.41) is 0. The Bertz CT molecular complexity index is 469. The molecule has 0 aliphatic heterocycles. The van der Waals surface area contributed by atoms with Gasteiger partial charge in [0.15, 0.2) is 0 Å². The number of rotatable bonds is 0. The molecule has 0 fully saturated rings. The van der Waals surface area contributed by atoms with Crippen molar-refractivity contribution in [1.29, 1.82) is 0 Å². The highest BCUT2D eigenvalue weighted by Gasteiger charge is 2.21. The van der Waals surface area contributed by atoms with Crippen LogP contribution in [-0.2, 0) is 5.41 Å². The zero-order valence-corrected chi connectivity index (χ0v) is 9.46. The Hall–Kier alpha value is -1.58. The number of aromatic nitrogens is 2. The van der Waals surface area contributed by atoms with Crippen LogP contribution in [0.5, 0.6) is 0 Å². The molecule has 0 saturated carbocycles. The average molecular weight is 205 g/mol. The molecular formula is C11H15N3O. The summed E-state index contributed by atoms with van der Waals surface area (Å²) < 4.78 is 5.59. The highest BCUT2D eigenvalue weighted by Crippen LogP contribution is 2.26. The molecule has 15 heavy (non-hydrogen) atoms. The van der Waals surface area contributed by atoms with Crippen molar-refractivity contribution >= 4 is 16.9 Å². The van der Waals surface area contributed by atoms with Crippen molar-refractivity contribution in [3.05, 3.63) is 17.7 Å². The van der Waals surface area contributed by atoms with Crippen molar-refractivity contribution in [2.24, 2.45) is 0 Å². The van der Waals surface area contributed by atoms with Gasteiger partial charge in [-0.1, -0.05) is 20.8 Å². The quantitative estimate of drug-likeness (QED) is 0.717. The monoisotopic (exact) mass is 205 g/mol. The fourth-order valence-electron chi connectivity index (χ4n) is 1.29. The van der Waals surface area contributed by atoms with E-state index in [4.69, 9.17) is 10.2 Å². The van der Waals surface area contributed by atoms with E-state index >= 15 is 0 Å². The fourth-order valence-corrected chi connectivity index (χ4v) is 1.29. The Labute approximate surface area is 88.5 Å². The molecule has 2 aromatic rings. The summed E-state index contributed by atoms with van der Waals surface area (Å²) >= 11 is 0. The van der Waals surface area contributed by atoms with Gasteiger partial charge in [-0.25, -0.2) is 9.97 Å². The van der Waals surface area contributed by atoms with Gasteiger partial charge in [0.05, 0.1) is 11.4 Å². The highest BCUT2D eigenvalue weighted by atomic mass is 16.4. The van der Waals surface area contributed by atoms with Crippen LogP contribution in [0.2, 0.25) is 0 Å². The van der Waals surface area contributed by atoms with Crippen LogP contribution >= 0.6 is 0 Å². The van der Waals surface area contributed by atoms with Crippen molar-refractivity contribution in [3.63, 3.8) is 0 Å². The summed E-state index contributed by atoms with van der Waals surface area (Å²) in [6.45, 7) is 8.00. The summed E-state index contributed by atoms with van der Waals surface area (Å²) in [6.07, 6.45) is 0. The Kier molecular flexibility index (Phi) is 1.96. The molecule has 0 unspecified atom stereocenters. The van der Waals surface area contributed by atoms with E-state index in [9.17, 15) is 0 Å². The maximum absolute atomic E-state index is 5.76. The standard InChI is InChI=1S/C11H15N3O/c1-6-7(12)5-8-9(13-6)15-10(14-8)11(2,3)4/h5H,12H2,1-4H3. The molecule has 2 heterocycles. The number of nitrogens with two attached hydrogens (primary N) is 1. The molecule has 4 nitrogen and oxygen atoms in total. The first-order valence-electron chi connectivity index (χ1n) is 4.92. The van der Waals surface area contributed by atoms with Crippen molar-refractivity contribution in [3.8, 4) is 0 Å². The van der Waals surface area contributed by atoms with Gasteiger partial charge in [-0.15, -0.1) is 0 Å². The Morgan fingerprint density at radius 1 is 1.27 bits per heavy atom. The smallest absolute Gasteiger partial charge is 0.247 e. The Balaban J connectivity index is 2.66. The summed E-state index contributed by atoms with van der Waals surface area (Å²) in [7, 11) is 0. The first kappa shape index (κ1) is 9.96. The topological polar surface area (TPSA) is 64.9 Å². The largest absolute Gasteiger partial charge is 0.422 e. The highest BCUT2D eigenvalue weighted by molar-refractivity contribution is 5.73. The number of oxazole rings is 1. The van der Waals surface area contributed by atoms with E-state index in [-0.39, 0.29) is 5.41 Å². The van der Waals surface area contributed by atoms with Crippen LogP contribution in [0, 0.1) is 6.92 Å². The third kappa shape index (κ3) is 1.67. The Morgan fingerprint density at radius 2 is 1.93 bits per heavy atom. The van der Waals surface area contributed by atoms with Crippen LogP contribution in [0.15, 0.2) is 10.5 Å². The first-order valence-corrected chi connectivity index (χ1v) is 4.92. The molecule has 0 amide bonds. The SMILES string of the molecule is Cc1nc2oc(C(C)(C)C)nc2cc1N. The Morgan fingerprint density at radius 3 is 2.53 bits per heavy atom. The van der Waals surface area contributed by atoms with E-state index < -0.39 is 0 Å². The van der Waals surface area contributed by atoms with Gasteiger partial charge in [0, 0.05) is 5.41 Å². The molecule has 4 heteroatoms. The molecule has 0 radical (unpaired) electrons. The van der Waals surface area contributed by atoms with Crippen LogP contribution in [0.25, 0.3) is 11.2 Å². The third-order valence-corrected chi connectivity index (χ3v) is 2.26. The molecule has 0 saturated heterocycles. The second-order valence-corrected chi connectivity index (χ2v) is 4.76. The average Bonchev–Trinajstić information content (AvgIpc) is 2.47. The summed E-state index contributed by atoms with van der Waals surface area (Å²) in [6, 6.07) is 1.80. The fraction of sp³-hybridized carbons (Fsp3) is 0.455. The van der Waals surface area contributed by atoms with Crippen LogP contribution in [0.1, 0.15) is 32.4 Å². The summed E-state index contributed by atoms with van der Waals surface area (Å²) in [5.74, 6) is 0.690. The van der Waals surface area contributed by atoms with E-state index in [1.165, 1.54) is 0 Å². The van der Waals surface area contributed by atoms with Crippen LogP contribution < -0.4 is 5.73 Å². The summed E-state index contributed by atoms with van der Waals surface area (Å²) in [4.78, 5) is 8.63. The minimum atomic E-state index is -0.108. The third-order valence-electron chi connectivity index (χ3n) is 2.26. The number of aryl methyl sites for hydroxylation is 1. The first-order chi connectivity index (χ1) is 6.88. The molecule has 2 rings (SSSR count). The molecule has 0 atom stereocenters. The minimum absolute atomic E-state index is 0.108. The van der Waals surface area contributed by atoms with E-state index in [1.54, 1.807) is 6.07 Å². The molecular weight excluding hydrogens is 190 g/mol. The van der Waals surface area contributed by atoms with Gasteiger partial charge in [0.1, 0.15) is 5.52 Å². The van der Waals surface area contributed by atoms with Gasteiger partial charge in [0.2, 0.25) is 11.6 Å². The zero-order valence-electron chi connectivity index (χ0n) is 9.46. The molecule has 0 aliphatic rings. The van der Waals surface area contributed by atoms with Gasteiger partial charge >= 0.3 is 0 Å². The second-order valence-electron chi connectivity index (χ2n) is 4.76. The van der Waals surface area contributed by atoms with Crippen LogP contribution in [0.3, 0.4) is 0 Å². The van der Waals surface area contributed by atoms with Gasteiger partial charge in [-0.3, -0.25) is 0 Å². The van der Waals surface area contributed by atoms with Crippen molar-refractivity contribution < 1.29 is 4.42 Å². The number of fused-ring (bicyclic) bond motifs is 1. The number of nitrogens with zero attached hydrogens (tertiary/aromatic N) is 2. The lowest BCUT2D eigenvalue weighted by Crippen LogP contribution is -2.10. The van der Waals surface area contributed by atoms with E-state index in [0.29, 0.717) is 17.3 Å². The predicted octanol–water partition coefficient (Wildman–Crippen LogP) is 2.41. The van der Waals surface area contributed by atoms with Crippen molar-refractivity contribution in [1.82, 2.24) is 9.97 Å². The number of hydrogen-bond donors (Lipinski definition) is 1. The van der Waals surface area contributed by atoms with E-state index in [0.717, 1.165) is 11.2 Å². The molecule has 0 aliphatic carbocycles. The molecule has 80 valence electrons.